The first kappa shape index (κ1) is 11.6. The van der Waals surface area contributed by atoms with E-state index in [0.717, 1.165) is 11.1 Å². The van der Waals surface area contributed by atoms with Gasteiger partial charge in [0.15, 0.2) is 0 Å². The van der Waals surface area contributed by atoms with E-state index in [1.54, 1.807) is 36.4 Å². The number of hydrogen-bond acceptors (Lipinski definition) is 2. The first-order valence-electron chi connectivity index (χ1n) is 12.3. The van der Waals surface area contributed by atoms with Gasteiger partial charge in [-0.05, 0) is 52.9 Å². The van der Waals surface area contributed by atoms with Crippen LogP contribution in [0.15, 0.2) is 90.8 Å². The summed E-state index contributed by atoms with van der Waals surface area (Å²) >= 11 is 0. The highest BCUT2D eigenvalue weighted by molar-refractivity contribution is 6.59. The largest absolute Gasteiger partial charge is 0.488 e. The van der Waals surface area contributed by atoms with Crippen LogP contribution in [0.2, 0.25) is 0 Å². The highest BCUT2D eigenvalue weighted by atomic mass is 19.1. The predicted molar refractivity (Wildman–Crippen MR) is 116 cm³/mol. The number of fused-ring (bicyclic) bond motifs is 3. The molecule has 0 amide bonds. The minimum atomic E-state index is -2.22. The monoisotopic (exact) mass is 388 g/mol. The molecule has 5 aromatic rings. The minimum absolute atomic E-state index is 0.00323. The van der Waals surface area contributed by atoms with Crippen molar-refractivity contribution in [2.24, 2.45) is 0 Å². The van der Waals surface area contributed by atoms with Gasteiger partial charge < -0.3 is 14.6 Å². The van der Waals surface area contributed by atoms with Gasteiger partial charge in [-0.25, -0.2) is 4.39 Å². The maximum absolute atomic E-state index is 13.3. The molecule has 2 N–H and O–H groups in total. The topological polar surface area (TPSA) is 45.4 Å². The molecule has 0 saturated heterocycles. The molecule has 1 heterocycles. The molecule has 3 nitrogen and oxygen atoms in total. The second kappa shape index (κ2) is 6.89. The van der Waals surface area contributed by atoms with Crippen LogP contribution in [0.25, 0.3) is 38.6 Å². The standard InChI is InChI=1S/C24H17BFNO2/c26-19-10-5-16(6-11-19)17-7-12-20(13-8-17)27-23-4-2-1-3-21(23)22-15-18(25(28)29)9-14-24(22)27/h1-15,28-29H/i1D,2D,3D,4D,9D,14D,15D. The Balaban J connectivity index is 1.92. The van der Waals surface area contributed by atoms with Crippen LogP contribution in [0, 0.1) is 5.82 Å². The molecule has 0 saturated carbocycles. The fourth-order valence-electron chi connectivity index (χ4n) is 3.36. The summed E-state index contributed by atoms with van der Waals surface area (Å²) in [5, 5.41) is 19.5. The third-order valence-corrected chi connectivity index (χ3v) is 4.74. The summed E-state index contributed by atoms with van der Waals surface area (Å²) in [4.78, 5) is 0. The Bertz CT molecular complexity index is 1690. The van der Waals surface area contributed by atoms with E-state index in [0.29, 0.717) is 5.69 Å². The number of nitrogens with zero attached hydrogens (tertiary/aromatic N) is 1. The molecule has 0 bridgehead atoms. The molecule has 0 aliphatic heterocycles. The molecule has 29 heavy (non-hydrogen) atoms. The Kier molecular flexibility index (Phi) is 2.74. The van der Waals surface area contributed by atoms with E-state index in [9.17, 15) is 14.4 Å². The summed E-state index contributed by atoms with van der Waals surface area (Å²) in [6, 6.07) is 9.21. The number of hydrogen-bond donors (Lipinski definition) is 2. The van der Waals surface area contributed by atoms with Gasteiger partial charge in [0.1, 0.15) is 5.82 Å². The van der Waals surface area contributed by atoms with Crippen LogP contribution in [0.4, 0.5) is 4.39 Å². The third-order valence-electron chi connectivity index (χ3n) is 4.74. The zero-order chi connectivity index (χ0) is 26.0. The summed E-state index contributed by atoms with van der Waals surface area (Å²) in [5.41, 5.74) is 1.35. The van der Waals surface area contributed by atoms with E-state index in [2.05, 4.69) is 0 Å². The minimum Gasteiger partial charge on any atom is -0.423 e. The Hall–Kier alpha value is -3.41. The average Bonchev–Trinajstić information content (AvgIpc) is 3.22. The Morgan fingerprint density at radius 2 is 1.38 bits per heavy atom. The van der Waals surface area contributed by atoms with Crippen molar-refractivity contribution in [1.29, 1.82) is 0 Å². The number of benzene rings is 4. The lowest BCUT2D eigenvalue weighted by Crippen LogP contribution is -2.29. The molecule has 0 radical (unpaired) electrons. The van der Waals surface area contributed by atoms with Crippen LogP contribution in [-0.2, 0) is 0 Å². The van der Waals surface area contributed by atoms with Gasteiger partial charge >= 0.3 is 7.12 Å². The van der Waals surface area contributed by atoms with Gasteiger partial charge in [0.25, 0.3) is 0 Å². The highest BCUT2D eigenvalue weighted by Gasteiger charge is 2.16. The molecule has 0 aliphatic rings. The molecule has 0 spiro atoms. The summed E-state index contributed by atoms with van der Waals surface area (Å²) in [6.45, 7) is 0. The van der Waals surface area contributed by atoms with Crippen LogP contribution in [-0.4, -0.2) is 21.7 Å². The molecule has 0 fully saturated rings. The van der Waals surface area contributed by atoms with Gasteiger partial charge in [-0.2, -0.15) is 0 Å². The molecule has 0 unspecified atom stereocenters. The van der Waals surface area contributed by atoms with E-state index in [1.165, 1.54) is 16.7 Å². The summed E-state index contributed by atoms with van der Waals surface area (Å²) in [6.07, 6.45) is 0. The van der Waals surface area contributed by atoms with Gasteiger partial charge in [0, 0.05) is 16.5 Å². The van der Waals surface area contributed by atoms with E-state index in [4.69, 9.17) is 9.60 Å². The summed E-state index contributed by atoms with van der Waals surface area (Å²) < 4.78 is 73.6. The number of halogens is 1. The van der Waals surface area contributed by atoms with Crippen molar-refractivity contribution in [3.8, 4) is 16.8 Å². The fraction of sp³-hybridized carbons (Fsp3) is 0. The molecule has 5 heteroatoms. The van der Waals surface area contributed by atoms with E-state index < -0.39 is 54.9 Å². The second-order valence-electron chi connectivity index (χ2n) is 6.50. The van der Waals surface area contributed by atoms with Crippen molar-refractivity contribution >= 4 is 34.4 Å². The van der Waals surface area contributed by atoms with Gasteiger partial charge in [-0.1, -0.05) is 54.5 Å². The lowest BCUT2D eigenvalue weighted by Gasteiger charge is -2.10. The lowest BCUT2D eigenvalue weighted by molar-refractivity contribution is 0.426. The molecular formula is C24H17BFNO2. The Morgan fingerprint density at radius 3 is 2.07 bits per heavy atom. The van der Waals surface area contributed by atoms with Gasteiger partial charge in [-0.3, -0.25) is 0 Å². The molecule has 1 aromatic heterocycles. The number of aromatic nitrogens is 1. The van der Waals surface area contributed by atoms with E-state index in [1.807, 2.05) is 0 Å². The maximum atomic E-state index is 13.3. The first-order chi connectivity index (χ1) is 17.0. The normalized spacial score (nSPS) is 14.7. The molecule has 0 atom stereocenters. The average molecular weight is 388 g/mol. The van der Waals surface area contributed by atoms with Crippen molar-refractivity contribution in [2.75, 3.05) is 0 Å². The molecule has 0 aliphatic carbocycles. The number of rotatable bonds is 3. The number of para-hydroxylation sites is 1. The quantitative estimate of drug-likeness (QED) is 0.454. The zero-order valence-corrected chi connectivity index (χ0v) is 14.9. The van der Waals surface area contributed by atoms with Crippen LogP contribution in [0.5, 0.6) is 0 Å². The second-order valence-corrected chi connectivity index (χ2v) is 6.50. The first-order valence-corrected chi connectivity index (χ1v) is 8.81. The smallest absolute Gasteiger partial charge is 0.423 e. The van der Waals surface area contributed by atoms with Crippen molar-refractivity contribution in [1.82, 2.24) is 4.57 Å². The van der Waals surface area contributed by atoms with E-state index in [-0.39, 0.29) is 27.6 Å². The Morgan fingerprint density at radius 1 is 0.759 bits per heavy atom. The Labute approximate surface area is 177 Å². The van der Waals surface area contributed by atoms with Gasteiger partial charge in [0.2, 0.25) is 0 Å². The molecular weight excluding hydrogens is 364 g/mol. The van der Waals surface area contributed by atoms with Crippen molar-refractivity contribution in [3.63, 3.8) is 0 Å². The van der Waals surface area contributed by atoms with Crippen LogP contribution in [0.1, 0.15) is 9.60 Å². The fourth-order valence-corrected chi connectivity index (χ4v) is 3.36. The van der Waals surface area contributed by atoms with Gasteiger partial charge in [-0.15, -0.1) is 0 Å². The van der Waals surface area contributed by atoms with Crippen LogP contribution >= 0.6 is 0 Å². The lowest BCUT2D eigenvalue weighted by atomic mass is 9.80. The van der Waals surface area contributed by atoms with Crippen molar-refractivity contribution in [3.05, 3.63) is 96.6 Å². The molecule has 4 aromatic carbocycles. The SMILES string of the molecule is [2H]c1c([2H])c([2H])c2c(c1[2H])c1c([2H])c(B(O)O)c([2H])c([2H])c1n2-c1ccc(-c2ccc(F)cc2)cc1. The highest BCUT2D eigenvalue weighted by Crippen LogP contribution is 2.32. The summed E-state index contributed by atoms with van der Waals surface area (Å²) in [7, 11) is -2.22. The van der Waals surface area contributed by atoms with Crippen LogP contribution in [0.3, 0.4) is 0 Å². The predicted octanol–water partition coefficient (Wildman–Crippen LogP) is 4.27. The van der Waals surface area contributed by atoms with E-state index >= 15 is 0 Å². The molecule has 5 rings (SSSR count). The third kappa shape index (κ3) is 3.01. The van der Waals surface area contributed by atoms with Crippen molar-refractivity contribution in [2.45, 2.75) is 0 Å². The van der Waals surface area contributed by atoms with Crippen LogP contribution < -0.4 is 5.46 Å². The summed E-state index contributed by atoms with van der Waals surface area (Å²) in [5.74, 6) is -0.373. The molecule has 140 valence electrons. The van der Waals surface area contributed by atoms with Crippen molar-refractivity contribution < 1.29 is 24.0 Å². The maximum Gasteiger partial charge on any atom is 0.488 e. The van der Waals surface area contributed by atoms with Gasteiger partial charge in [0.05, 0.1) is 20.6 Å². The zero-order valence-electron chi connectivity index (χ0n) is 21.9.